The summed E-state index contributed by atoms with van der Waals surface area (Å²) in [5.74, 6) is -0.707. The number of ether oxygens (including phenoxy) is 1. The molecule has 9 nitrogen and oxygen atoms in total. The van der Waals surface area contributed by atoms with Crippen LogP contribution in [0.1, 0.15) is 36.9 Å². The first-order chi connectivity index (χ1) is 15.3. The van der Waals surface area contributed by atoms with Crippen molar-refractivity contribution in [2.24, 2.45) is 0 Å². The number of carbonyl (C=O) groups is 2. The number of fused-ring (bicyclic) bond motifs is 1. The fraction of sp³-hybridized carbons (Fsp3) is 0.318. The van der Waals surface area contributed by atoms with E-state index in [2.05, 4.69) is 10.3 Å². The van der Waals surface area contributed by atoms with Crippen molar-refractivity contribution in [1.29, 1.82) is 0 Å². The molecule has 0 saturated carbocycles. The highest BCUT2D eigenvalue weighted by atomic mass is 32.1. The van der Waals surface area contributed by atoms with E-state index in [4.69, 9.17) is 4.74 Å². The number of carbonyl (C=O) groups excluding carboxylic acids is 2. The van der Waals surface area contributed by atoms with Crippen LogP contribution in [0, 0.1) is 30.9 Å². The fourth-order valence-corrected chi connectivity index (χ4v) is 5.09. The summed E-state index contributed by atoms with van der Waals surface area (Å²) in [4.78, 5) is 44.6. The van der Waals surface area contributed by atoms with E-state index in [-0.39, 0.29) is 22.7 Å². The van der Waals surface area contributed by atoms with Gasteiger partial charge < -0.3 is 15.0 Å². The molecule has 0 atom stereocenters. The van der Waals surface area contributed by atoms with Crippen LogP contribution in [0.25, 0.3) is 10.2 Å². The van der Waals surface area contributed by atoms with E-state index in [0.717, 1.165) is 11.3 Å². The Morgan fingerprint density at radius 2 is 1.94 bits per heavy atom. The van der Waals surface area contributed by atoms with Crippen molar-refractivity contribution < 1.29 is 19.2 Å². The lowest BCUT2D eigenvalue weighted by Crippen LogP contribution is -2.40. The number of morpholine rings is 1. The van der Waals surface area contributed by atoms with Crippen LogP contribution in [0.5, 0.6) is 0 Å². The Morgan fingerprint density at radius 3 is 2.62 bits per heavy atom. The van der Waals surface area contributed by atoms with E-state index < -0.39 is 10.8 Å². The number of benzene rings is 1. The maximum atomic E-state index is 13.3. The zero-order valence-corrected chi connectivity index (χ0v) is 18.7. The molecular formula is C22H22N4O5S. The van der Waals surface area contributed by atoms with Gasteiger partial charge in [-0.15, -0.1) is 11.3 Å². The van der Waals surface area contributed by atoms with Gasteiger partial charge in [0, 0.05) is 41.4 Å². The maximum absolute atomic E-state index is 13.3. The van der Waals surface area contributed by atoms with Gasteiger partial charge in [0.2, 0.25) is 0 Å². The molecule has 2 amide bonds. The van der Waals surface area contributed by atoms with Gasteiger partial charge in [-0.05, 0) is 38.5 Å². The molecule has 0 spiro atoms. The number of pyridine rings is 1. The van der Waals surface area contributed by atoms with Crippen molar-refractivity contribution in [2.75, 3.05) is 31.6 Å². The topological polar surface area (TPSA) is 115 Å². The first kappa shape index (κ1) is 21.8. The maximum Gasteiger partial charge on any atom is 0.273 e. The van der Waals surface area contributed by atoms with Crippen LogP contribution in [-0.2, 0) is 4.74 Å². The number of aryl methyl sites for hydroxylation is 2. The van der Waals surface area contributed by atoms with Crippen molar-refractivity contribution in [2.45, 2.75) is 20.8 Å². The Bertz CT molecular complexity index is 1250. The summed E-state index contributed by atoms with van der Waals surface area (Å²) >= 11 is 1.24. The monoisotopic (exact) mass is 454 g/mol. The first-order valence-electron chi connectivity index (χ1n) is 10.1. The van der Waals surface area contributed by atoms with E-state index in [0.29, 0.717) is 47.1 Å². The van der Waals surface area contributed by atoms with E-state index in [1.807, 2.05) is 19.9 Å². The standard InChI is InChI=1S/C22H22N4O5S/c1-12-11-13(2)23-21-17(12)18(19(32-21)22(28)25-7-9-31-10-8-25)24-20(27)15-5-4-6-16(14(15)3)26(29)30/h4-6,11H,7-10H2,1-3H3,(H,24,27). The van der Waals surface area contributed by atoms with Gasteiger partial charge in [-0.25, -0.2) is 4.98 Å². The number of nitro benzene ring substituents is 1. The Morgan fingerprint density at radius 1 is 1.22 bits per heavy atom. The molecule has 1 aliphatic heterocycles. The average Bonchev–Trinajstić information content (AvgIpc) is 3.11. The largest absolute Gasteiger partial charge is 0.378 e. The van der Waals surface area contributed by atoms with Gasteiger partial charge in [-0.3, -0.25) is 19.7 Å². The fourth-order valence-electron chi connectivity index (χ4n) is 3.87. The second-order valence-corrected chi connectivity index (χ2v) is 8.63. The third kappa shape index (κ3) is 3.94. The summed E-state index contributed by atoms with van der Waals surface area (Å²) < 4.78 is 5.35. The summed E-state index contributed by atoms with van der Waals surface area (Å²) in [5, 5.41) is 14.9. The molecule has 1 fully saturated rings. The molecule has 166 valence electrons. The Kier molecular flexibility index (Phi) is 5.90. The van der Waals surface area contributed by atoms with Gasteiger partial charge in [-0.2, -0.15) is 0 Å². The molecular weight excluding hydrogens is 432 g/mol. The number of rotatable bonds is 4. The number of nitro groups is 1. The SMILES string of the molecule is Cc1cc(C)c2c(NC(=O)c3cccc([N+](=O)[O-])c3C)c(C(=O)N3CCOCC3)sc2n1. The lowest BCUT2D eigenvalue weighted by atomic mass is 10.1. The number of thiophene rings is 1. The van der Waals surface area contributed by atoms with Crippen LogP contribution in [0.2, 0.25) is 0 Å². The molecule has 3 aromatic rings. The van der Waals surface area contributed by atoms with Crippen LogP contribution in [0.4, 0.5) is 11.4 Å². The summed E-state index contributed by atoms with van der Waals surface area (Å²) in [5.41, 5.74) is 2.40. The first-order valence-corrected chi connectivity index (χ1v) is 10.9. The number of aromatic nitrogens is 1. The van der Waals surface area contributed by atoms with Crippen molar-refractivity contribution in [3.63, 3.8) is 0 Å². The van der Waals surface area contributed by atoms with Crippen LogP contribution in [0.3, 0.4) is 0 Å². The number of nitrogens with one attached hydrogen (secondary N) is 1. The van der Waals surface area contributed by atoms with Gasteiger partial charge >= 0.3 is 0 Å². The summed E-state index contributed by atoms with van der Waals surface area (Å²) in [7, 11) is 0. The molecule has 0 aliphatic carbocycles. The predicted molar refractivity (Wildman–Crippen MR) is 122 cm³/mol. The number of nitrogens with zero attached hydrogens (tertiary/aromatic N) is 3. The van der Waals surface area contributed by atoms with E-state index in [1.54, 1.807) is 4.90 Å². The summed E-state index contributed by atoms with van der Waals surface area (Å²) in [6, 6.07) is 6.26. The van der Waals surface area contributed by atoms with E-state index in [1.165, 1.54) is 36.5 Å². The predicted octanol–water partition coefficient (Wildman–Crippen LogP) is 3.85. The molecule has 3 heterocycles. The summed E-state index contributed by atoms with van der Waals surface area (Å²) in [6.07, 6.45) is 0. The number of amides is 2. The molecule has 10 heteroatoms. The third-order valence-corrected chi connectivity index (χ3v) is 6.54. The van der Waals surface area contributed by atoms with Gasteiger partial charge in [-0.1, -0.05) is 6.07 Å². The molecule has 4 rings (SSSR count). The van der Waals surface area contributed by atoms with Crippen molar-refractivity contribution >= 4 is 44.7 Å². The minimum atomic E-state index is -0.518. The lowest BCUT2D eigenvalue weighted by Gasteiger charge is -2.26. The van der Waals surface area contributed by atoms with Gasteiger partial charge in [0.25, 0.3) is 17.5 Å². The van der Waals surface area contributed by atoms with Crippen molar-refractivity contribution in [3.8, 4) is 0 Å². The average molecular weight is 455 g/mol. The molecule has 0 unspecified atom stereocenters. The number of hydrogen-bond donors (Lipinski definition) is 1. The van der Waals surface area contributed by atoms with Crippen LogP contribution >= 0.6 is 11.3 Å². The van der Waals surface area contributed by atoms with Gasteiger partial charge in [0.05, 0.1) is 23.8 Å². The highest BCUT2D eigenvalue weighted by Crippen LogP contribution is 2.38. The van der Waals surface area contributed by atoms with Crippen LogP contribution in [0.15, 0.2) is 24.3 Å². The Hall–Kier alpha value is -3.37. The second kappa shape index (κ2) is 8.64. The van der Waals surface area contributed by atoms with E-state index >= 15 is 0 Å². The molecule has 1 saturated heterocycles. The van der Waals surface area contributed by atoms with Crippen molar-refractivity contribution in [1.82, 2.24) is 9.88 Å². The molecule has 2 aromatic heterocycles. The quantitative estimate of drug-likeness (QED) is 0.473. The minimum absolute atomic E-state index is 0.133. The third-order valence-electron chi connectivity index (χ3n) is 5.46. The zero-order chi connectivity index (χ0) is 23.0. The molecule has 32 heavy (non-hydrogen) atoms. The summed E-state index contributed by atoms with van der Waals surface area (Å²) in [6.45, 7) is 7.17. The second-order valence-electron chi connectivity index (χ2n) is 7.63. The Labute approximate surface area is 188 Å². The number of hydrogen-bond acceptors (Lipinski definition) is 7. The van der Waals surface area contributed by atoms with Crippen LogP contribution in [-0.4, -0.2) is 52.9 Å². The minimum Gasteiger partial charge on any atom is -0.378 e. The highest BCUT2D eigenvalue weighted by molar-refractivity contribution is 7.21. The molecule has 0 radical (unpaired) electrons. The Balaban J connectivity index is 1.80. The van der Waals surface area contributed by atoms with Crippen LogP contribution < -0.4 is 5.32 Å². The molecule has 1 aromatic carbocycles. The number of anilines is 1. The molecule has 0 bridgehead atoms. The van der Waals surface area contributed by atoms with Gasteiger partial charge in [0.15, 0.2) is 0 Å². The normalized spacial score (nSPS) is 13.9. The highest BCUT2D eigenvalue weighted by Gasteiger charge is 2.28. The zero-order valence-electron chi connectivity index (χ0n) is 17.9. The lowest BCUT2D eigenvalue weighted by molar-refractivity contribution is -0.385. The molecule has 1 aliphatic rings. The van der Waals surface area contributed by atoms with E-state index in [9.17, 15) is 19.7 Å². The van der Waals surface area contributed by atoms with Gasteiger partial charge in [0.1, 0.15) is 9.71 Å². The molecule has 1 N–H and O–H groups in total. The smallest absolute Gasteiger partial charge is 0.273 e. The van der Waals surface area contributed by atoms with Crippen molar-refractivity contribution in [3.05, 3.63) is 61.6 Å².